The number of nitrogens with one attached hydrogen (secondary N) is 2. The summed E-state index contributed by atoms with van der Waals surface area (Å²) in [6.45, 7) is 2.13. The van der Waals surface area contributed by atoms with E-state index in [0.717, 1.165) is 23.1 Å². The number of aliphatic imine (C=N–C) groups is 1. The van der Waals surface area contributed by atoms with Gasteiger partial charge in [-0.05, 0) is 34.9 Å². The molecular formula is C20H22ClN5. The van der Waals surface area contributed by atoms with Crippen LogP contribution in [0.2, 0.25) is 5.02 Å². The third kappa shape index (κ3) is 5.36. The van der Waals surface area contributed by atoms with Crippen molar-refractivity contribution < 1.29 is 0 Å². The molecule has 0 amide bonds. The summed E-state index contributed by atoms with van der Waals surface area (Å²) in [6.07, 6.45) is 3.76. The monoisotopic (exact) mass is 367 g/mol. The lowest BCUT2D eigenvalue weighted by atomic mass is 10.1. The van der Waals surface area contributed by atoms with E-state index >= 15 is 0 Å². The predicted molar refractivity (Wildman–Crippen MR) is 106 cm³/mol. The molecule has 5 nitrogen and oxygen atoms in total. The van der Waals surface area contributed by atoms with E-state index in [9.17, 15) is 0 Å². The Kier molecular flexibility index (Phi) is 6.28. The van der Waals surface area contributed by atoms with Gasteiger partial charge >= 0.3 is 0 Å². The molecule has 0 atom stereocenters. The molecule has 0 radical (unpaired) electrons. The topological polar surface area (TPSA) is 54.2 Å². The number of guanidine groups is 1. The standard InChI is InChI=1S/C20H22ClN5/c1-22-20(24-14-17-6-3-8-19(21)12-17)23-13-16-5-2-7-18(11-16)15-26-10-4-9-25-26/h2-12H,13-15H2,1H3,(H2,22,23,24). The fourth-order valence-corrected chi connectivity index (χ4v) is 2.87. The largest absolute Gasteiger partial charge is 0.352 e. The van der Waals surface area contributed by atoms with E-state index in [4.69, 9.17) is 11.6 Å². The van der Waals surface area contributed by atoms with Gasteiger partial charge in [-0.2, -0.15) is 5.10 Å². The SMILES string of the molecule is CN=C(NCc1cccc(Cl)c1)NCc1cccc(Cn2cccn2)c1. The first-order chi connectivity index (χ1) is 12.7. The highest BCUT2D eigenvalue weighted by molar-refractivity contribution is 6.30. The number of nitrogens with zero attached hydrogens (tertiary/aromatic N) is 3. The Balaban J connectivity index is 1.53. The summed E-state index contributed by atoms with van der Waals surface area (Å²) in [6, 6.07) is 18.2. The van der Waals surface area contributed by atoms with Crippen molar-refractivity contribution in [2.45, 2.75) is 19.6 Å². The van der Waals surface area contributed by atoms with E-state index in [-0.39, 0.29) is 0 Å². The highest BCUT2D eigenvalue weighted by atomic mass is 35.5. The van der Waals surface area contributed by atoms with Crippen molar-refractivity contribution in [2.24, 2.45) is 4.99 Å². The molecule has 0 unspecified atom stereocenters. The first kappa shape index (κ1) is 18.0. The molecule has 3 rings (SSSR count). The Hall–Kier alpha value is -2.79. The Bertz CT molecular complexity index is 858. The number of hydrogen-bond acceptors (Lipinski definition) is 2. The minimum Gasteiger partial charge on any atom is -0.352 e. The molecule has 0 aliphatic heterocycles. The summed E-state index contributed by atoms with van der Waals surface area (Å²) in [5, 5.41) is 11.6. The van der Waals surface area contributed by atoms with Crippen LogP contribution in [0.1, 0.15) is 16.7 Å². The van der Waals surface area contributed by atoms with Crippen LogP contribution in [0.15, 0.2) is 72.0 Å². The summed E-state index contributed by atoms with van der Waals surface area (Å²) in [4.78, 5) is 4.27. The molecule has 134 valence electrons. The van der Waals surface area contributed by atoms with Gasteiger partial charge in [-0.15, -0.1) is 0 Å². The van der Waals surface area contributed by atoms with Gasteiger partial charge in [0.05, 0.1) is 6.54 Å². The lowest BCUT2D eigenvalue weighted by molar-refractivity contribution is 0.685. The van der Waals surface area contributed by atoms with Crippen LogP contribution in [-0.2, 0) is 19.6 Å². The van der Waals surface area contributed by atoms with Crippen LogP contribution >= 0.6 is 11.6 Å². The van der Waals surface area contributed by atoms with Gasteiger partial charge in [-0.3, -0.25) is 9.67 Å². The van der Waals surface area contributed by atoms with Crippen molar-refractivity contribution in [3.05, 3.63) is 88.7 Å². The molecule has 0 spiro atoms. The summed E-state index contributed by atoms with van der Waals surface area (Å²) in [5.41, 5.74) is 3.52. The number of aromatic nitrogens is 2. The second-order valence-corrected chi connectivity index (χ2v) is 6.37. The van der Waals surface area contributed by atoms with Gasteiger partial charge in [0.25, 0.3) is 0 Å². The quantitative estimate of drug-likeness (QED) is 0.518. The average Bonchev–Trinajstić information content (AvgIpc) is 3.15. The van der Waals surface area contributed by atoms with Crippen LogP contribution in [0.3, 0.4) is 0 Å². The van der Waals surface area contributed by atoms with E-state index < -0.39 is 0 Å². The molecule has 0 bridgehead atoms. The lowest BCUT2D eigenvalue weighted by Crippen LogP contribution is -2.36. The van der Waals surface area contributed by atoms with Crippen LogP contribution in [0.4, 0.5) is 0 Å². The zero-order chi connectivity index (χ0) is 18.2. The maximum atomic E-state index is 6.02. The minimum absolute atomic E-state index is 0.666. The number of rotatable bonds is 6. The van der Waals surface area contributed by atoms with E-state index in [2.05, 4.69) is 45.0 Å². The molecule has 6 heteroatoms. The summed E-state index contributed by atoms with van der Waals surface area (Å²) < 4.78 is 1.91. The highest BCUT2D eigenvalue weighted by Gasteiger charge is 2.02. The molecule has 2 N–H and O–H groups in total. The molecule has 0 saturated heterocycles. The van der Waals surface area contributed by atoms with Crippen LogP contribution in [0.5, 0.6) is 0 Å². The maximum absolute atomic E-state index is 6.02. The van der Waals surface area contributed by atoms with Gasteiger partial charge in [0.1, 0.15) is 0 Å². The first-order valence-corrected chi connectivity index (χ1v) is 8.85. The van der Waals surface area contributed by atoms with E-state index in [1.807, 2.05) is 41.2 Å². The highest BCUT2D eigenvalue weighted by Crippen LogP contribution is 2.10. The lowest BCUT2D eigenvalue weighted by Gasteiger charge is -2.13. The van der Waals surface area contributed by atoms with Crippen LogP contribution in [-0.4, -0.2) is 22.8 Å². The molecule has 0 saturated carbocycles. The molecule has 0 fully saturated rings. The van der Waals surface area contributed by atoms with Gasteiger partial charge in [0.15, 0.2) is 5.96 Å². The molecule has 1 heterocycles. The zero-order valence-electron chi connectivity index (χ0n) is 14.7. The van der Waals surface area contributed by atoms with Crippen molar-refractivity contribution in [2.75, 3.05) is 7.05 Å². The van der Waals surface area contributed by atoms with Gasteiger partial charge < -0.3 is 10.6 Å². The zero-order valence-corrected chi connectivity index (χ0v) is 15.4. The van der Waals surface area contributed by atoms with Gasteiger partial charge in [0.2, 0.25) is 0 Å². The molecule has 0 aliphatic rings. The molecule has 3 aromatic rings. The minimum atomic E-state index is 0.666. The molecule has 26 heavy (non-hydrogen) atoms. The molecule has 2 aromatic carbocycles. The summed E-state index contributed by atoms with van der Waals surface area (Å²) in [7, 11) is 1.77. The van der Waals surface area contributed by atoms with Crippen LogP contribution in [0.25, 0.3) is 0 Å². The van der Waals surface area contributed by atoms with Crippen molar-refractivity contribution in [1.82, 2.24) is 20.4 Å². The van der Waals surface area contributed by atoms with Crippen molar-refractivity contribution >= 4 is 17.6 Å². The first-order valence-electron chi connectivity index (χ1n) is 8.47. The van der Waals surface area contributed by atoms with Gasteiger partial charge in [-0.1, -0.05) is 48.0 Å². The average molecular weight is 368 g/mol. The van der Waals surface area contributed by atoms with E-state index in [1.165, 1.54) is 11.1 Å². The van der Waals surface area contributed by atoms with E-state index in [0.29, 0.717) is 13.1 Å². The Morgan fingerprint density at radius 1 is 1.00 bits per heavy atom. The van der Waals surface area contributed by atoms with Gasteiger partial charge in [-0.25, -0.2) is 0 Å². The normalized spacial score (nSPS) is 11.4. The Morgan fingerprint density at radius 3 is 2.35 bits per heavy atom. The second kappa shape index (κ2) is 9.06. The number of halogens is 1. The van der Waals surface area contributed by atoms with Crippen LogP contribution < -0.4 is 10.6 Å². The van der Waals surface area contributed by atoms with Crippen molar-refractivity contribution in [1.29, 1.82) is 0 Å². The molecule has 0 aliphatic carbocycles. The molecular weight excluding hydrogens is 346 g/mol. The fourth-order valence-electron chi connectivity index (χ4n) is 2.66. The third-order valence-corrected chi connectivity index (χ3v) is 4.16. The predicted octanol–water partition coefficient (Wildman–Crippen LogP) is 3.45. The Labute approximate surface area is 158 Å². The van der Waals surface area contributed by atoms with Crippen molar-refractivity contribution in [3.63, 3.8) is 0 Å². The maximum Gasteiger partial charge on any atom is 0.191 e. The number of benzene rings is 2. The van der Waals surface area contributed by atoms with Crippen molar-refractivity contribution in [3.8, 4) is 0 Å². The summed E-state index contributed by atoms with van der Waals surface area (Å²) in [5.74, 6) is 0.752. The van der Waals surface area contributed by atoms with E-state index in [1.54, 1.807) is 13.2 Å². The second-order valence-electron chi connectivity index (χ2n) is 5.93. The Morgan fingerprint density at radius 2 is 1.69 bits per heavy atom. The smallest absolute Gasteiger partial charge is 0.191 e. The van der Waals surface area contributed by atoms with Gasteiger partial charge in [0, 0.05) is 37.6 Å². The summed E-state index contributed by atoms with van der Waals surface area (Å²) >= 11 is 6.02. The molecule has 1 aromatic heterocycles. The van der Waals surface area contributed by atoms with Crippen LogP contribution in [0, 0.1) is 0 Å². The number of hydrogen-bond donors (Lipinski definition) is 2. The third-order valence-electron chi connectivity index (χ3n) is 3.93. The fraction of sp³-hybridized carbons (Fsp3) is 0.200.